The quantitative estimate of drug-likeness (QED) is 0.149. The molecule has 1 atom stereocenters. The van der Waals surface area contributed by atoms with Gasteiger partial charge < -0.3 is 19.6 Å². The SMILES string of the molecule is Cc1c[c-]c(C2[N-]c3ccccc3N2c2c(C(C)C)cccc2C(C)C)cc1.Cc1ccc2ccc3c4cc[c-]c(-c5cc(-c6cc7ccc(-c8ccc(C(C)(C)C)cc8)cc7cc6C)c(C)cn5)c4oc3c2n1.[Ir+3]. The summed E-state index contributed by atoms with van der Waals surface area (Å²) in [6, 6.07) is 63.5. The summed E-state index contributed by atoms with van der Waals surface area (Å²) in [5.74, 6) is 0.869. The molecule has 4 heterocycles. The Kier molecular flexibility index (Phi) is 13.9. The predicted octanol–water partition coefficient (Wildman–Crippen LogP) is 19.6. The molecule has 8 aromatic carbocycles. The first-order chi connectivity index (χ1) is 35.6. The number of aryl methyl sites for hydroxylation is 4. The second-order valence-corrected chi connectivity index (χ2v) is 21.9. The molecule has 0 saturated carbocycles. The van der Waals surface area contributed by atoms with Gasteiger partial charge in [0.25, 0.3) is 0 Å². The third-order valence-electron chi connectivity index (χ3n) is 14.8. The summed E-state index contributed by atoms with van der Waals surface area (Å²) in [6.07, 6.45) is 1.88. The van der Waals surface area contributed by atoms with E-state index in [2.05, 4.69) is 232 Å². The molecule has 75 heavy (non-hydrogen) atoms. The minimum Gasteiger partial charge on any atom is -0.661 e. The molecule has 0 radical (unpaired) electrons. The molecule has 11 aromatic rings. The van der Waals surface area contributed by atoms with Crippen LogP contribution in [0, 0.1) is 39.8 Å². The van der Waals surface area contributed by atoms with E-state index in [0.717, 1.165) is 72.2 Å². The summed E-state index contributed by atoms with van der Waals surface area (Å²) < 4.78 is 6.60. The fourth-order valence-electron chi connectivity index (χ4n) is 10.7. The fourth-order valence-corrected chi connectivity index (χ4v) is 10.7. The van der Waals surface area contributed by atoms with Crippen molar-refractivity contribution in [3.63, 3.8) is 0 Å². The van der Waals surface area contributed by atoms with Crippen molar-refractivity contribution in [2.75, 3.05) is 4.90 Å². The normalized spacial score (nSPS) is 13.3. The van der Waals surface area contributed by atoms with E-state index in [1.165, 1.54) is 66.7 Å². The number of para-hydroxylation sites is 3. The first-order valence-corrected chi connectivity index (χ1v) is 26.1. The number of anilines is 2. The molecule has 0 amide bonds. The zero-order chi connectivity index (χ0) is 51.6. The van der Waals surface area contributed by atoms with Crippen LogP contribution >= 0.6 is 0 Å². The third kappa shape index (κ3) is 9.67. The average Bonchev–Trinajstić information content (AvgIpc) is 4.00. The van der Waals surface area contributed by atoms with Crippen molar-refractivity contribution in [3.05, 3.63) is 226 Å². The number of fused-ring (bicyclic) bond motifs is 7. The molecule has 12 rings (SSSR count). The Bertz CT molecular complexity index is 3890. The maximum Gasteiger partial charge on any atom is 3.00 e. The van der Waals surface area contributed by atoms with Crippen molar-refractivity contribution in [1.82, 2.24) is 9.97 Å². The molecule has 0 saturated heterocycles. The van der Waals surface area contributed by atoms with Gasteiger partial charge in [-0.3, -0.25) is 0 Å². The number of rotatable bonds is 7. The first-order valence-electron chi connectivity index (χ1n) is 26.1. The van der Waals surface area contributed by atoms with Crippen molar-refractivity contribution >= 4 is 60.7 Å². The Morgan fingerprint density at radius 3 is 2.04 bits per heavy atom. The van der Waals surface area contributed by atoms with Crippen molar-refractivity contribution in [2.45, 2.75) is 99.6 Å². The summed E-state index contributed by atoms with van der Waals surface area (Å²) in [7, 11) is 0. The molecule has 0 spiro atoms. The van der Waals surface area contributed by atoms with Gasteiger partial charge in [-0.05, 0) is 135 Å². The number of aromatic nitrogens is 2. The summed E-state index contributed by atoms with van der Waals surface area (Å²) in [4.78, 5) is 12.1. The van der Waals surface area contributed by atoms with E-state index in [-0.39, 0.29) is 31.7 Å². The van der Waals surface area contributed by atoms with Crippen LogP contribution in [0.3, 0.4) is 0 Å². The predicted molar refractivity (Wildman–Crippen MR) is 311 cm³/mol. The smallest absolute Gasteiger partial charge is 0.661 e. The summed E-state index contributed by atoms with van der Waals surface area (Å²) in [6.45, 7) is 24.3. The van der Waals surface area contributed by atoms with Gasteiger partial charge in [0.2, 0.25) is 0 Å². The van der Waals surface area contributed by atoms with Crippen LogP contribution in [-0.2, 0) is 25.5 Å². The minimum atomic E-state index is -0.0876. The van der Waals surface area contributed by atoms with Gasteiger partial charge in [0.1, 0.15) is 11.1 Å². The Hall–Kier alpha value is -7.37. The number of pyridine rings is 2. The molecule has 0 aliphatic carbocycles. The van der Waals surface area contributed by atoms with Gasteiger partial charge in [-0.25, -0.2) is 4.98 Å². The molecule has 6 heteroatoms. The van der Waals surface area contributed by atoms with E-state index in [1.54, 1.807) is 0 Å². The maximum atomic E-state index is 6.60. The molecule has 5 nitrogen and oxygen atoms in total. The fraction of sp³-hybridized carbons (Fsp3) is 0.217. The van der Waals surface area contributed by atoms with Crippen LogP contribution in [-0.4, -0.2) is 9.97 Å². The molecule has 1 aliphatic rings. The van der Waals surface area contributed by atoms with Crippen molar-refractivity contribution in [2.24, 2.45) is 0 Å². The molecule has 1 aliphatic heterocycles. The van der Waals surface area contributed by atoms with Crippen LogP contribution < -0.4 is 4.90 Å². The van der Waals surface area contributed by atoms with E-state index in [0.29, 0.717) is 11.8 Å². The largest absolute Gasteiger partial charge is 3.00 e. The number of benzene rings is 8. The van der Waals surface area contributed by atoms with Crippen LogP contribution in [0.1, 0.15) is 111 Å². The van der Waals surface area contributed by atoms with Crippen LogP contribution in [0.2, 0.25) is 0 Å². The Morgan fingerprint density at radius 1 is 0.627 bits per heavy atom. The van der Waals surface area contributed by atoms with E-state index in [4.69, 9.17) is 19.7 Å². The van der Waals surface area contributed by atoms with E-state index in [1.807, 2.05) is 25.3 Å². The number of furan rings is 1. The first kappa shape index (κ1) is 51.1. The number of nitrogens with zero attached hydrogens (tertiary/aromatic N) is 4. The molecule has 374 valence electrons. The second kappa shape index (κ2) is 20.4. The molecule has 1 unspecified atom stereocenters. The Labute approximate surface area is 456 Å². The molecule has 0 fully saturated rings. The zero-order valence-electron chi connectivity index (χ0n) is 44.9. The van der Waals surface area contributed by atoms with Crippen molar-refractivity contribution < 1.29 is 24.5 Å². The summed E-state index contributed by atoms with van der Waals surface area (Å²) >= 11 is 0. The Balaban J connectivity index is 0.000000190. The van der Waals surface area contributed by atoms with E-state index in [9.17, 15) is 0 Å². The molecule has 3 aromatic heterocycles. The standard InChI is InChI=1S/C43H35N2O.C26H28N2.Ir/c1-25-20-32-21-30(28-14-17-33(18-15-28)43(4,5)6)12-13-31(32)22-37(25)38-23-39(44-24-26(38)2)36-9-7-8-34-35-19-16-29-11-10-27(3)45-40(29)42(35)46-41(34)36;1-17(2)21-9-8-10-22(18(3)4)25(21)28-24-12-7-6-11-23(24)27-26(28)20-15-13-19(5)14-16-20;/h7-8,10-24H,1-6H3;6-15,17-18,26H,1-5H3;/q-1;-2;+3. The third-order valence-corrected chi connectivity index (χ3v) is 14.8. The summed E-state index contributed by atoms with van der Waals surface area (Å²) in [5.41, 5.74) is 22.4. The number of hydrogen-bond acceptors (Lipinski definition) is 4. The van der Waals surface area contributed by atoms with E-state index >= 15 is 0 Å². The number of hydrogen-bond donors (Lipinski definition) is 0. The maximum absolute atomic E-state index is 6.60. The second-order valence-electron chi connectivity index (χ2n) is 21.9. The monoisotopic (exact) mass is 1160 g/mol. The Morgan fingerprint density at radius 2 is 1.32 bits per heavy atom. The van der Waals surface area contributed by atoms with Gasteiger partial charge in [0, 0.05) is 34.0 Å². The molecule has 0 N–H and O–H groups in total. The van der Waals surface area contributed by atoms with Gasteiger partial charge in [-0.2, -0.15) is 35.4 Å². The van der Waals surface area contributed by atoms with Crippen LogP contribution in [0.15, 0.2) is 168 Å². The summed E-state index contributed by atoms with van der Waals surface area (Å²) in [5, 5.41) is 10.7. The molecular formula is C69H63IrN4O. The average molecular weight is 1160 g/mol. The van der Waals surface area contributed by atoms with E-state index < -0.39 is 0 Å². The van der Waals surface area contributed by atoms with Gasteiger partial charge >= 0.3 is 20.1 Å². The van der Waals surface area contributed by atoms with Gasteiger partial charge in [0.05, 0.1) is 5.58 Å². The van der Waals surface area contributed by atoms with Gasteiger partial charge in [-0.15, -0.1) is 23.9 Å². The van der Waals surface area contributed by atoms with Crippen molar-refractivity contribution in [3.8, 4) is 33.5 Å². The van der Waals surface area contributed by atoms with Crippen LogP contribution in [0.25, 0.3) is 82.4 Å². The van der Waals surface area contributed by atoms with Crippen LogP contribution in [0.5, 0.6) is 0 Å². The van der Waals surface area contributed by atoms with Gasteiger partial charge in [-0.1, -0.05) is 169 Å². The van der Waals surface area contributed by atoms with Gasteiger partial charge in [0.15, 0.2) is 0 Å². The topological polar surface area (TPSA) is 56.3 Å². The van der Waals surface area contributed by atoms with Crippen LogP contribution in [0.4, 0.5) is 17.1 Å². The van der Waals surface area contributed by atoms with Crippen molar-refractivity contribution in [1.29, 1.82) is 0 Å². The molecule has 0 bridgehead atoms. The molecular weight excluding hydrogens is 1090 g/mol. The minimum absolute atomic E-state index is 0. The zero-order valence-corrected chi connectivity index (χ0v) is 47.2.